The molecule has 0 radical (unpaired) electrons. The van der Waals surface area contributed by atoms with Gasteiger partial charge in [-0.05, 0) is 19.9 Å². The number of hydrogen-bond donors (Lipinski definition) is 2. The molecule has 5 heteroatoms. The van der Waals surface area contributed by atoms with E-state index in [1.165, 1.54) is 0 Å². The van der Waals surface area contributed by atoms with E-state index in [0.717, 1.165) is 17.1 Å². The number of nitrogens with two attached hydrogens (primary N) is 1. The van der Waals surface area contributed by atoms with Crippen molar-refractivity contribution in [1.82, 2.24) is 5.43 Å². The summed E-state index contributed by atoms with van der Waals surface area (Å²) in [6, 6.07) is 1.90. The first-order valence-electron chi connectivity index (χ1n) is 4.76. The number of amidine groups is 1. The summed E-state index contributed by atoms with van der Waals surface area (Å²) in [7, 11) is 1.64. The van der Waals surface area contributed by atoms with E-state index in [1.807, 2.05) is 19.9 Å². The van der Waals surface area contributed by atoms with E-state index in [-0.39, 0.29) is 0 Å². The lowest BCUT2D eigenvalue weighted by atomic mass is 10.2. The highest BCUT2D eigenvalue weighted by Crippen LogP contribution is 2.13. The highest BCUT2D eigenvalue weighted by atomic mass is 16.5. The van der Waals surface area contributed by atoms with Gasteiger partial charge in [0.2, 0.25) is 0 Å². The summed E-state index contributed by atoms with van der Waals surface area (Å²) in [5.74, 6) is 7.68. The Hall–Kier alpha value is -1.33. The van der Waals surface area contributed by atoms with Crippen LogP contribution in [0, 0.1) is 13.8 Å². The van der Waals surface area contributed by atoms with Crippen LogP contribution in [-0.4, -0.2) is 26.1 Å². The average Bonchev–Trinajstić information content (AvgIpc) is 2.53. The molecular formula is C10H17N3O2. The van der Waals surface area contributed by atoms with Gasteiger partial charge >= 0.3 is 0 Å². The van der Waals surface area contributed by atoms with E-state index >= 15 is 0 Å². The summed E-state index contributed by atoms with van der Waals surface area (Å²) in [5, 5.41) is 0. The summed E-state index contributed by atoms with van der Waals surface area (Å²) in [6.07, 6.45) is 0. The minimum atomic E-state index is 0.569. The highest BCUT2D eigenvalue weighted by Gasteiger charge is 2.09. The van der Waals surface area contributed by atoms with Crippen LogP contribution in [-0.2, 0) is 4.74 Å². The average molecular weight is 211 g/mol. The van der Waals surface area contributed by atoms with Gasteiger partial charge in [0.05, 0.1) is 18.7 Å². The van der Waals surface area contributed by atoms with Crippen LogP contribution >= 0.6 is 0 Å². The molecule has 1 heterocycles. The van der Waals surface area contributed by atoms with Gasteiger partial charge in [-0.2, -0.15) is 0 Å². The van der Waals surface area contributed by atoms with Gasteiger partial charge < -0.3 is 14.6 Å². The topological polar surface area (TPSA) is 72.8 Å². The monoisotopic (exact) mass is 211 g/mol. The third-order valence-corrected chi connectivity index (χ3v) is 2.00. The van der Waals surface area contributed by atoms with E-state index in [9.17, 15) is 0 Å². The first-order chi connectivity index (χ1) is 7.19. The van der Waals surface area contributed by atoms with Crippen LogP contribution in [0.5, 0.6) is 0 Å². The Morgan fingerprint density at radius 2 is 2.33 bits per heavy atom. The Morgan fingerprint density at radius 1 is 1.60 bits per heavy atom. The molecule has 1 aromatic heterocycles. The van der Waals surface area contributed by atoms with Gasteiger partial charge in [-0.3, -0.25) is 4.99 Å². The molecule has 1 rings (SSSR count). The SMILES string of the molecule is COCCN=C(NN)c1cc(C)oc1C. The molecule has 0 bridgehead atoms. The second-order valence-corrected chi connectivity index (χ2v) is 3.19. The number of nitrogens with one attached hydrogen (secondary N) is 1. The molecule has 15 heavy (non-hydrogen) atoms. The number of ether oxygens (including phenoxy) is 1. The Morgan fingerprint density at radius 3 is 2.80 bits per heavy atom. The minimum absolute atomic E-state index is 0.569. The maximum atomic E-state index is 5.40. The molecule has 0 aromatic carbocycles. The van der Waals surface area contributed by atoms with Gasteiger partial charge in [0.1, 0.15) is 17.4 Å². The Balaban J connectivity index is 2.82. The molecule has 0 saturated carbocycles. The van der Waals surface area contributed by atoms with Crippen LogP contribution in [0.1, 0.15) is 17.1 Å². The van der Waals surface area contributed by atoms with Gasteiger partial charge in [-0.25, -0.2) is 5.84 Å². The van der Waals surface area contributed by atoms with Crippen LogP contribution < -0.4 is 11.3 Å². The number of aliphatic imine (C=N–C) groups is 1. The fraction of sp³-hybridized carbons (Fsp3) is 0.500. The molecule has 84 valence electrons. The van der Waals surface area contributed by atoms with E-state index in [4.69, 9.17) is 15.0 Å². The second kappa shape index (κ2) is 5.53. The summed E-state index contributed by atoms with van der Waals surface area (Å²) in [5.41, 5.74) is 3.46. The number of furan rings is 1. The molecular weight excluding hydrogens is 194 g/mol. The fourth-order valence-electron chi connectivity index (χ4n) is 1.32. The van der Waals surface area contributed by atoms with Gasteiger partial charge in [-0.1, -0.05) is 0 Å². The third kappa shape index (κ3) is 3.07. The van der Waals surface area contributed by atoms with Crippen LogP contribution in [0.2, 0.25) is 0 Å². The number of hydrogen-bond acceptors (Lipinski definition) is 4. The zero-order valence-corrected chi connectivity index (χ0v) is 9.33. The molecule has 0 aliphatic heterocycles. The maximum absolute atomic E-state index is 5.40. The molecule has 0 spiro atoms. The normalized spacial score (nSPS) is 11.9. The molecule has 0 atom stereocenters. The van der Waals surface area contributed by atoms with Crippen molar-refractivity contribution >= 4 is 5.84 Å². The predicted molar refractivity (Wildman–Crippen MR) is 58.8 cm³/mol. The number of methoxy groups -OCH3 is 1. The van der Waals surface area contributed by atoms with Crippen molar-refractivity contribution < 1.29 is 9.15 Å². The van der Waals surface area contributed by atoms with Crippen LogP contribution in [0.3, 0.4) is 0 Å². The van der Waals surface area contributed by atoms with Crippen LogP contribution in [0.15, 0.2) is 15.5 Å². The lowest BCUT2D eigenvalue weighted by Gasteiger charge is -2.03. The molecule has 0 aliphatic carbocycles. The molecule has 5 nitrogen and oxygen atoms in total. The quantitative estimate of drug-likeness (QED) is 0.253. The zero-order chi connectivity index (χ0) is 11.3. The highest BCUT2D eigenvalue weighted by molar-refractivity contribution is 5.99. The predicted octanol–water partition coefficient (Wildman–Crippen LogP) is 0.753. The first-order valence-corrected chi connectivity index (χ1v) is 4.76. The molecule has 0 fully saturated rings. The molecule has 0 saturated heterocycles. The molecule has 0 amide bonds. The van der Waals surface area contributed by atoms with Crippen molar-refractivity contribution in [2.24, 2.45) is 10.8 Å². The number of rotatable bonds is 4. The van der Waals surface area contributed by atoms with Crippen molar-refractivity contribution in [3.63, 3.8) is 0 Å². The minimum Gasteiger partial charge on any atom is -0.466 e. The van der Waals surface area contributed by atoms with Gasteiger partial charge in [0, 0.05) is 7.11 Å². The van der Waals surface area contributed by atoms with Crippen molar-refractivity contribution in [1.29, 1.82) is 0 Å². The lowest BCUT2D eigenvalue weighted by Crippen LogP contribution is -2.31. The van der Waals surface area contributed by atoms with E-state index in [2.05, 4.69) is 10.4 Å². The third-order valence-electron chi connectivity index (χ3n) is 2.00. The van der Waals surface area contributed by atoms with Crippen molar-refractivity contribution in [3.05, 3.63) is 23.2 Å². The molecule has 1 aromatic rings. The number of hydrazine groups is 1. The maximum Gasteiger partial charge on any atom is 0.146 e. The van der Waals surface area contributed by atoms with Crippen LogP contribution in [0.25, 0.3) is 0 Å². The summed E-state index contributed by atoms with van der Waals surface area (Å²) in [6.45, 7) is 4.91. The standard InChI is InChI=1S/C10H17N3O2/c1-7-6-9(8(2)15-7)10(13-11)12-4-5-14-3/h6H,4-5,11H2,1-3H3,(H,12,13). The van der Waals surface area contributed by atoms with Crippen molar-refractivity contribution in [2.75, 3.05) is 20.3 Å². The van der Waals surface area contributed by atoms with Gasteiger partial charge in [0.25, 0.3) is 0 Å². The Bertz CT molecular complexity index is 344. The Labute approximate surface area is 89.3 Å². The molecule has 3 N–H and O–H groups in total. The van der Waals surface area contributed by atoms with Crippen molar-refractivity contribution in [2.45, 2.75) is 13.8 Å². The lowest BCUT2D eigenvalue weighted by molar-refractivity contribution is 0.208. The van der Waals surface area contributed by atoms with E-state index in [1.54, 1.807) is 7.11 Å². The van der Waals surface area contributed by atoms with E-state index in [0.29, 0.717) is 19.0 Å². The largest absolute Gasteiger partial charge is 0.466 e. The van der Waals surface area contributed by atoms with Crippen LogP contribution in [0.4, 0.5) is 0 Å². The number of aryl methyl sites for hydroxylation is 2. The summed E-state index contributed by atoms with van der Waals surface area (Å²) >= 11 is 0. The van der Waals surface area contributed by atoms with E-state index < -0.39 is 0 Å². The molecule has 0 unspecified atom stereocenters. The first kappa shape index (κ1) is 11.7. The van der Waals surface area contributed by atoms with Crippen molar-refractivity contribution in [3.8, 4) is 0 Å². The second-order valence-electron chi connectivity index (χ2n) is 3.19. The summed E-state index contributed by atoms with van der Waals surface area (Å²) < 4.78 is 10.3. The summed E-state index contributed by atoms with van der Waals surface area (Å²) in [4.78, 5) is 4.27. The Kier molecular flexibility index (Phi) is 4.33. The zero-order valence-electron chi connectivity index (χ0n) is 9.33. The van der Waals surface area contributed by atoms with Gasteiger partial charge in [0.15, 0.2) is 0 Å². The fourth-order valence-corrected chi connectivity index (χ4v) is 1.32. The van der Waals surface area contributed by atoms with Gasteiger partial charge in [-0.15, -0.1) is 0 Å². The molecule has 0 aliphatic rings. The number of nitrogens with zero attached hydrogens (tertiary/aromatic N) is 1. The smallest absolute Gasteiger partial charge is 0.146 e.